The second-order valence-electron chi connectivity index (χ2n) is 4.99. The summed E-state index contributed by atoms with van der Waals surface area (Å²) in [4.78, 5) is 0. The van der Waals surface area contributed by atoms with Crippen molar-refractivity contribution in [2.75, 3.05) is 7.11 Å². The molecule has 0 spiro atoms. The predicted molar refractivity (Wildman–Crippen MR) is 81.3 cm³/mol. The van der Waals surface area contributed by atoms with Crippen LogP contribution in [0.5, 0.6) is 0 Å². The summed E-state index contributed by atoms with van der Waals surface area (Å²) in [5.41, 5.74) is 1.70. The van der Waals surface area contributed by atoms with E-state index in [1.807, 2.05) is 60.7 Å². The molecule has 0 aliphatic rings. The lowest BCUT2D eigenvalue weighted by atomic mass is 10.1. The molecule has 0 atom stereocenters. The summed E-state index contributed by atoms with van der Waals surface area (Å²) < 4.78 is 17.4. The Bertz CT molecular complexity index is 761. The van der Waals surface area contributed by atoms with Crippen LogP contribution >= 0.6 is 0 Å². The van der Waals surface area contributed by atoms with E-state index in [0.717, 1.165) is 33.5 Å². The molecule has 0 unspecified atom stereocenters. The fraction of sp³-hybridized carbons (Fsp3) is 0.111. The molecule has 0 bridgehead atoms. The summed E-state index contributed by atoms with van der Waals surface area (Å²) in [5, 5.41) is 2.12. The molecule has 3 nitrogen and oxygen atoms in total. The largest absolute Gasteiger partial charge is 0.458 e. The average Bonchev–Trinajstić information content (AvgIpc) is 3.11. The molecule has 0 aliphatic heterocycles. The van der Waals surface area contributed by atoms with Crippen molar-refractivity contribution < 1.29 is 13.6 Å². The van der Waals surface area contributed by atoms with Gasteiger partial charge in [-0.25, -0.2) is 0 Å². The topological polar surface area (TPSA) is 35.5 Å². The summed E-state index contributed by atoms with van der Waals surface area (Å²) in [6, 6.07) is 19.8. The lowest BCUT2D eigenvalue weighted by Gasteiger charge is -2.08. The first kappa shape index (κ1) is 12.2. The molecule has 0 amide bonds. The second kappa shape index (κ2) is 4.79. The van der Waals surface area contributed by atoms with E-state index in [2.05, 4.69) is 0 Å². The molecule has 4 rings (SSSR count). The number of hydrogen-bond acceptors (Lipinski definition) is 3. The van der Waals surface area contributed by atoms with Gasteiger partial charge in [0.05, 0.1) is 0 Å². The Labute approximate surface area is 121 Å². The second-order valence-corrected chi connectivity index (χ2v) is 4.99. The van der Waals surface area contributed by atoms with E-state index < -0.39 is 0 Å². The maximum atomic E-state index is 5.89. The average molecular weight is 278 g/mol. The van der Waals surface area contributed by atoms with Crippen LogP contribution in [0.1, 0.15) is 17.6 Å². The van der Waals surface area contributed by atoms with Gasteiger partial charge in [-0.15, -0.1) is 0 Å². The molecule has 0 saturated heterocycles. The maximum absolute atomic E-state index is 5.89. The SMILES string of the molecule is COC(c1cc2ccccc2o1)c1cc2ccccc2o1. The zero-order valence-corrected chi connectivity index (χ0v) is 11.6. The minimum atomic E-state index is -0.343. The van der Waals surface area contributed by atoms with E-state index in [-0.39, 0.29) is 6.10 Å². The van der Waals surface area contributed by atoms with Gasteiger partial charge < -0.3 is 13.6 Å². The fourth-order valence-electron chi connectivity index (χ4n) is 2.64. The van der Waals surface area contributed by atoms with Crippen molar-refractivity contribution in [2.24, 2.45) is 0 Å². The minimum absolute atomic E-state index is 0.343. The van der Waals surface area contributed by atoms with E-state index in [4.69, 9.17) is 13.6 Å². The van der Waals surface area contributed by atoms with Gasteiger partial charge in [0.15, 0.2) is 6.10 Å². The van der Waals surface area contributed by atoms with Crippen molar-refractivity contribution in [3.8, 4) is 0 Å². The third kappa shape index (κ3) is 2.03. The first-order valence-corrected chi connectivity index (χ1v) is 6.85. The van der Waals surface area contributed by atoms with Gasteiger partial charge in [-0.1, -0.05) is 36.4 Å². The summed E-state index contributed by atoms with van der Waals surface area (Å²) in [7, 11) is 1.66. The van der Waals surface area contributed by atoms with Gasteiger partial charge in [0.1, 0.15) is 22.7 Å². The van der Waals surface area contributed by atoms with Crippen LogP contribution in [0.25, 0.3) is 21.9 Å². The molecular formula is C18H14O3. The fourth-order valence-corrected chi connectivity index (χ4v) is 2.64. The van der Waals surface area contributed by atoms with Crippen molar-refractivity contribution in [3.05, 3.63) is 72.2 Å². The molecule has 104 valence electrons. The van der Waals surface area contributed by atoms with E-state index in [1.165, 1.54) is 0 Å². The molecule has 0 radical (unpaired) electrons. The molecule has 0 saturated carbocycles. The zero-order chi connectivity index (χ0) is 14.2. The van der Waals surface area contributed by atoms with E-state index in [0.29, 0.717) is 0 Å². The molecule has 0 N–H and O–H groups in total. The van der Waals surface area contributed by atoms with Gasteiger partial charge >= 0.3 is 0 Å². The van der Waals surface area contributed by atoms with E-state index in [1.54, 1.807) is 7.11 Å². The molecule has 2 heterocycles. The highest BCUT2D eigenvalue weighted by Gasteiger charge is 2.22. The van der Waals surface area contributed by atoms with Gasteiger partial charge in [-0.3, -0.25) is 0 Å². The van der Waals surface area contributed by atoms with Crippen LogP contribution in [-0.2, 0) is 4.74 Å². The van der Waals surface area contributed by atoms with Crippen molar-refractivity contribution in [2.45, 2.75) is 6.10 Å². The van der Waals surface area contributed by atoms with E-state index >= 15 is 0 Å². The molecule has 0 fully saturated rings. The van der Waals surface area contributed by atoms with Crippen molar-refractivity contribution >= 4 is 21.9 Å². The van der Waals surface area contributed by atoms with Crippen LogP contribution in [0.3, 0.4) is 0 Å². The van der Waals surface area contributed by atoms with Crippen LogP contribution < -0.4 is 0 Å². The number of para-hydroxylation sites is 2. The van der Waals surface area contributed by atoms with Gasteiger partial charge in [0, 0.05) is 17.9 Å². The Morgan fingerprint density at radius 2 is 1.24 bits per heavy atom. The van der Waals surface area contributed by atoms with Crippen LogP contribution in [0.2, 0.25) is 0 Å². The number of hydrogen-bond donors (Lipinski definition) is 0. The van der Waals surface area contributed by atoms with Crippen molar-refractivity contribution in [3.63, 3.8) is 0 Å². The maximum Gasteiger partial charge on any atom is 0.172 e. The standard InChI is InChI=1S/C18H14O3/c1-19-18(16-10-12-6-2-4-8-14(12)20-16)17-11-13-7-3-5-9-15(13)21-17/h2-11,18H,1H3. The predicted octanol–water partition coefficient (Wildman–Crippen LogP) is 4.91. The summed E-state index contributed by atoms with van der Waals surface area (Å²) in [6.07, 6.45) is -0.343. The normalized spacial score (nSPS) is 11.7. The number of furan rings is 2. The third-order valence-electron chi connectivity index (χ3n) is 3.64. The Kier molecular flexibility index (Phi) is 2.79. The summed E-state index contributed by atoms with van der Waals surface area (Å²) in [5.74, 6) is 1.50. The Morgan fingerprint density at radius 3 is 1.67 bits per heavy atom. The van der Waals surface area contributed by atoms with Gasteiger partial charge in [0.2, 0.25) is 0 Å². The first-order chi connectivity index (χ1) is 10.3. The highest BCUT2D eigenvalue weighted by Crippen LogP contribution is 2.33. The van der Waals surface area contributed by atoms with Gasteiger partial charge in [0.25, 0.3) is 0 Å². The number of benzene rings is 2. The Hall–Kier alpha value is -2.52. The minimum Gasteiger partial charge on any atom is -0.458 e. The van der Waals surface area contributed by atoms with Crippen LogP contribution in [0.15, 0.2) is 69.5 Å². The smallest absolute Gasteiger partial charge is 0.172 e. The molecule has 0 aliphatic carbocycles. The molecule has 2 aromatic carbocycles. The number of ether oxygens (including phenoxy) is 1. The van der Waals surface area contributed by atoms with E-state index in [9.17, 15) is 0 Å². The molecule has 4 aromatic rings. The number of methoxy groups -OCH3 is 1. The highest BCUT2D eigenvalue weighted by molar-refractivity contribution is 5.79. The van der Waals surface area contributed by atoms with Crippen LogP contribution in [0, 0.1) is 0 Å². The van der Waals surface area contributed by atoms with Gasteiger partial charge in [-0.05, 0) is 24.3 Å². The summed E-state index contributed by atoms with van der Waals surface area (Å²) in [6.45, 7) is 0. The quantitative estimate of drug-likeness (QED) is 0.534. The van der Waals surface area contributed by atoms with Crippen LogP contribution in [0.4, 0.5) is 0 Å². The summed E-state index contributed by atoms with van der Waals surface area (Å²) >= 11 is 0. The highest BCUT2D eigenvalue weighted by atomic mass is 16.5. The molecular weight excluding hydrogens is 264 g/mol. The van der Waals surface area contributed by atoms with Gasteiger partial charge in [-0.2, -0.15) is 0 Å². The zero-order valence-electron chi connectivity index (χ0n) is 11.6. The first-order valence-electron chi connectivity index (χ1n) is 6.85. The number of fused-ring (bicyclic) bond motifs is 2. The lowest BCUT2D eigenvalue weighted by Crippen LogP contribution is -2.00. The molecule has 3 heteroatoms. The van der Waals surface area contributed by atoms with Crippen molar-refractivity contribution in [1.29, 1.82) is 0 Å². The molecule has 21 heavy (non-hydrogen) atoms. The monoisotopic (exact) mass is 278 g/mol. The van der Waals surface area contributed by atoms with Crippen LogP contribution in [-0.4, -0.2) is 7.11 Å². The number of rotatable bonds is 3. The molecule has 2 aromatic heterocycles. The van der Waals surface area contributed by atoms with Crippen molar-refractivity contribution in [1.82, 2.24) is 0 Å². The lowest BCUT2D eigenvalue weighted by molar-refractivity contribution is 0.100. The Morgan fingerprint density at radius 1 is 0.762 bits per heavy atom. The Balaban J connectivity index is 1.83. The third-order valence-corrected chi connectivity index (χ3v) is 3.64.